The molecule has 1 saturated heterocycles. The number of hydrogen-bond donors (Lipinski definition) is 1. The van der Waals surface area contributed by atoms with E-state index in [1.165, 1.54) is 0 Å². The fourth-order valence-corrected chi connectivity index (χ4v) is 2.88. The third kappa shape index (κ3) is 2.09. The first-order valence-corrected chi connectivity index (χ1v) is 6.16. The van der Waals surface area contributed by atoms with E-state index in [1.54, 1.807) is 14.2 Å². The van der Waals surface area contributed by atoms with E-state index < -0.39 is 0 Å². The highest BCUT2D eigenvalue weighted by molar-refractivity contribution is 6.31. The number of methoxy groups -OCH3 is 2. The number of nitrogens with one attached hydrogen (secondary N) is 1. The first-order valence-electron chi connectivity index (χ1n) is 5.78. The Hall–Kier alpha value is -0.930. The second kappa shape index (κ2) is 4.75. The summed E-state index contributed by atoms with van der Waals surface area (Å²) in [5, 5.41) is 4.22. The molecular weight excluding hydrogens is 238 g/mol. The van der Waals surface area contributed by atoms with Gasteiger partial charge in [0.2, 0.25) is 0 Å². The Labute approximate surface area is 107 Å². The van der Waals surface area contributed by atoms with Gasteiger partial charge in [-0.3, -0.25) is 0 Å². The molecule has 3 nitrogen and oxygen atoms in total. The SMILES string of the molecule is COc1ccc(Cl)c(C2(C)CCCN2)c1OC. The van der Waals surface area contributed by atoms with Gasteiger partial charge in [0.05, 0.1) is 14.2 Å². The Morgan fingerprint density at radius 1 is 1.29 bits per heavy atom. The lowest BCUT2D eigenvalue weighted by atomic mass is 9.89. The lowest BCUT2D eigenvalue weighted by Gasteiger charge is -2.28. The molecule has 1 aliphatic heterocycles. The van der Waals surface area contributed by atoms with Gasteiger partial charge in [-0.15, -0.1) is 0 Å². The van der Waals surface area contributed by atoms with Gasteiger partial charge in [-0.2, -0.15) is 0 Å². The zero-order valence-electron chi connectivity index (χ0n) is 10.5. The van der Waals surface area contributed by atoms with Gasteiger partial charge >= 0.3 is 0 Å². The highest BCUT2D eigenvalue weighted by atomic mass is 35.5. The van der Waals surface area contributed by atoms with Crippen molar-refractivity contribution in [3.63, 3.8) is 0 Å². The van der Waals surface area contributed by atoms with E-state index in [-0.39, 0.29) is 5.54 Å². The summed E-state index contributed by atoms with van der Waals surface area (Å²) in [6.45, 7) is 3.16. The van der Waals surface area contributed by atoms with E-state index in [0.717, 1.165) is 41.5 Å². The first-order chi connectivity index (χ1) is 8.12. The van der Waals surface area contributed by atoms with Crippen LogP contribution in [0.5, 0.6) is 11.5 Å². The molecule has 2 rings (SSSR count). The number of rotatable bonds is 3. The molecule has 1 heterocycles. The summed E-state index contributed by atoms with van der Waals surface area (Å²) in [4.78, 5) is 0. The highest BCUT2D eigenvalue weighted by Gasteiger charge is 2.35. The summed E-state index contributed by atoms with van der Waals surface area (Å²) in [7, 11) is 3.29. The molecule has 1 aromatic rings. The van der Waals surface area contributed by atoms with Gasteiger partial charge in [-0.05, 0) is 38.4 Å². The third-order valence-electron chi connectivity index (χ3n) is 3.42. The fraction of sp³-hybridized carbons (Fsp3) is 0.538. The van der Waals surface area contributed by atoms with Gasteiger partial charge in [0.25, 0.3) is 0 Å². The Kier molecular flexibility index (Phi) is 3.50. The van der Waals surface area contributed by atoms with Gasteiger partial charge in [0.15, 0.2) is 11.5 Å². The summed E-state index contributed by atoms with van der Waals surface area (Å²) < 4.78 is 10.8. The van der Waals surface area contributed by atoms with Crippen LogP contribution in [0.25, 0.3) is 0 Å². The van der Waals surface area contributed by atoms with Crippen molar-refractivity contribution in [2.75, 3.05) is 20.8 Å². The van der Waals surface area contributed by atoms with Gasteiger partial charge in [-0.25, -0.2) is 0 Å². The van der Waals surface area contributed by atoms with E-state index in [2.05, 4.69) is 12.2 Å². The van der Waals surface area contributed by atoms with Crippen molar-refractivity contribution in [2.45, 2.75) is 25.3 Å². The summed E-state index contributed by atoms with van der Waals surface area (Å²) in [6.07, 6.45) is 2.20. The molecule has 0 bridgehead atoms. The molecule has 1 fully saturated rings. The smallest absolute Gasteiger partial charge is 0.167 e. The van der Waals surface area contributed by atoms with Crippen molar-refractivity contribution in [2.24, 2.45) is 0 Å². The molecule has 1 aromatic carbocycles. The fourth-order valence-electron chi connectivity index (χ4n) is 2.53. The summed E-state index contributed by atoms with van der Waals surface area (Å²) >= 11 is 6.33. The van der Waals surface area contributed by atoms with E-state index in [1.807, 2.05) is 12.1 Å². The maximum atomic E-state index is 6.33. The molecule has 0 amide bonds. The van der Waals surface area contributed by atoms with Crippen LogP contribution in [0.15, 0.2) is 12.1 Å². The summed E-state index contributed by atoms with van der Waals surface area (Å²) in [6, 6.07) is 3.70. The first kappa shape index (κ1) is 12.5. The molecule has 94 valence electrons. The maximum Gasteiger partial charge on any atom is 0.167 e. The predicted octanol–water partition coefficient (Wildman–Crippen LogP) is 2.96. The molecule has 0 spiro atoms. The molecule has 4 heteroatoms. The van der Waals surface area contributed by atoms with Crippen molar-refractivity contribution < 1.29 is 9.47 Å². The molecule has 0 aliphatic carbocycles. The van der Waals surface area contributed by atoms with Crippen LogP contribution >= 0.6 is 11.6 Å². The Morgan fingerprint density at radius 3 is 2.59 bits per heavy atom. The van der Waals surface area contributed by atoms with Crippen molar-refractivity contribution in [1.29, 1.82) is 0 Å². The average molecular weight is 256 g/mol. The lowest BCUT2D eigenvalue weighted by Crippen LogP contribution is -2.34. The molecule has 1 N–H and O–H groups in total. The molecule has 0 aromatic heterocycles. The van der Waals surface area contributed by atoms with Crippen LogP contribution in [0.2, 0.25) is 5.02 Å². The van der Waals surface area contributed by atoms with E-state index in [9.17, 15) is 0 Å². The molecule has 0 saturated carbocycles. The number of halogens is 1. The predicted molar refractivity (Wildman–Crippen MR) is 69.1 cm³/mol. The Balaban J connectivity index is 2.57. The van der Waals surface area contributed by atoms with Crippen LogP contribution in [0.3, 0.4) is 0 Å². The minimum absolute atomic E-state index is 0.128. The quantitative estimate of drug-likeness (QED) is 0.901. The van der Waals surface area contributed by atoms with Crippen LogP contribution in [-0.4, -0.2) is 20.8 Å². The van der Waals surface area contributed by atoms with Crippen molar-refractivity contribution >= 4 is 11.6 Å². The van der Waals surface area contributed by atoms with Gasteiger partial charge in [-0.1, -0.05) is 11.6 Å². The van der Waals surface area contributed by atoms with E-state index in [0.29, 0.717) is 0 Å². The van der Waals surface area contributed by atoms with Crippen molar-refractivity contribution in [1.82, 2.24) is 5.32 Å². The normalized spacial score (nSPS) is 23.8. The zero-order valence-corrected chi connectivity index (χ0v) is 11.2. The van der Waals surface area contributed by atoms with Crippen LogP contribution in [-0.2, 0) is 5.54 Å². The maximum absolute atomic E-state index is 6.33. The number of hydrogen-bond acceptors (Lipinski definition) is 3. The van der Waals surface area contributed by atoms with Crippen molar-refractivity contribution in [3.05, 3.63) is 22.7 Å². The van der Waals surface area contributed by atoms with Gasteiger partial charge in [0.1, 0.15) is 0 Å². The molecule has 1 atom stereocenters. The second-order valence-corrected chi connectivity index (χ2v) is 4.93. The van der Waals surface area contributed by atoms with E-state index in [4.69, 9.17) is 21.1 Å². The van der Waals surface area contributed by atoms with Gasteiger partial charge < -0.3 is 14.8 Å². The van der Waals surface area contributed by atoms with Crippen LogP contribution in [0.1, 0.15) is 25.3 Å². The molecule has 1 aliphatic rings. The molecule has 1 unspecified atom stereocenters. The minimum Gasteiger partial charge on any atom is -0.493 e. The second-order valence-electron chi connectivity index (χ2n) is 4.52. The largest absolute Gasteiger partial charge is 0.493 e. The topological polar surface area (TPSA) is 30.5 Å². The molecule has 0 radical (unpaired) electrons. The third-order valence-corrected chi connectivity index (χ3v) is 3.73. The molecular formula is C13H18ClNO2. The zero-order chi connectivity index (χ0) is 12.5. The standard InChI is InChI=1S/C13H18ClNO2/c1-13(7-4-8-15-13)11-9(14)5-6-10(16-2)12(11)17-3/h5-6,15H,4,7-8H2,1-3H3. The van der Waals surface area contributed by atoms with Crippen LogP contribution in [0.4, 0.5) is 0 Å². The molecule has 17 heavy (non-hydrogen) atoms. The van der Waals surface area contributed by atoms with E-state index >= 15 is 0 Å². The van der Waals surface area contributed by atoms with Gasteiger partial charge in [0, 0.05) is 16.1 Å². The van der Waals surface area contributed by atoms with Crippen LogP contribution in [0, 0.1) is 0 Å². The summed E-state index contributed by atoms with van der Waals surface area (Å²) in [5.74, 6) is 1.46. The Morgan fingerprint density at radius 2 is 2.06 bits per heavy atom. The average Bonchev–Trinajstić information content (AvgIpc) is 2.76. The van der Waals surface area contributed by atoms with Crippen molar-refractivity contribution in [3.8, 4) is 11.5 Å². The Bertz CT molecular complexity index is 414. The summed E-state index contributed by atoms with van der Waals surface area (Å²) in [5.41, 5.74) is 0.871. The number of ether oxygens (including phenoxy) is 2. The minimum atomic E-state index is -0.128. The lowest BCUT2D eigenvalue weighted by molar-refractivity contribution is 0.334. The number of benzene rings is 1. The van der Waals surface area contributed by atoms with Crippen LogP contribution < -0.4 is 14.8 Å². The highest BCUT2D eigenvalue weighted by Crippen LogP contribution is 2.45. The monoisotopic (exact) mass is 255 g/mol.